The molecule has 1 aliphatic rings. The summed E-state index contributed by atoms with van der Waals surface area (Å²) in [7, 11) is 0. The van der Waals surface area contributed by atoms with E-state index < -0.39 is 11.6 Å². The van der Waals surface area contributed by atoms with Gasteiger partial charge in [0.25, 0.3) is 0 Å². The molecule has 0 aliphatic carbocycles. The van der Waals surface area contributed by atoms with Crippen molar-refractivity contribution in [2.75, 3.05) is 17.2 Å². The van der Waals surface area contributed by atoms with Crippen LogP contribution in [0, 0.1) is 0 Å². The second-order valence-electron chi connectivity index (χ2n) is 6.21. The van der Waals surface area contributed by atoms with Crippen LogP contribution in [0.15, 0.2) is 24.3 Å². The average molecular weight is 388 g/mol. The number of ether oxygens (including phenoxy) is 2. The predicted octanol–water partition coefficient (Wildman–Crippen LogP) is 3.47. The highest BCUT2D eigenvalue weighted by Crippen LogP contribution is 2.33. The van der Waals surface area contributed by atoms with Crippen LogP contribution in [0.3, 0.4) is 0 Å². The first-order chi connectivity index (χ1) is 12.9. The number of aromatic nitrogens is 2. The molecule has 0 bridgehead atoms. The Morgan fingerprint density at radius 3 is 2.81 bits per heavy atom. The van der Waals surface area contributed by atoms with Gasteiger partial charge in [0.1, 0.15) is 17.4 Å². The second-order valence-corrected chi connectivity index (χ2v) is 7.28. The van der Waals surface area contributed by atoms with Crippen LogP contribution >= 0.6 is 11.3 Å². The van der Waals surface area contributed by atoms with Crippen molar-refractivity contribution < 1.29 is 19.1 Å². The minimum atomic E-state index is -0.722. The number of carbonyl (C=O) groups is 2. The van der Waals surface area contributed by atoms with Crippen LogP contribution in [0.4, 0.5) is 15.6 Å². The van der Waals surface area contributed by atoms with Crippen LogP contribution in [0.2, 0.25) is 0 Å². The number of nitrogens with one attached hydrogen (secondary N) is 2. The third kappa shape index (κ3) is 4.82. The Morgan fingerprint density at radius 1 is 1.30 bits per heavy atom. The number of carbonyl (C=O) groups excluding carboxylic acids is 2. The third-order valence-electron chi connectivity index (χ3n) is 3.78. The van der Waals surface area contributed by atoms with E-state index in [9.17, 15) is 9.59 Å². The lowest BCUT2D eigenvalue weighted by molar-refractivity contribution is -0.145. The molecule has 0 spiro atoms. The lowest BCUT2D eigenvalue weighted by Gasteiger charge is -2.31. The zero-order valence-corrected chi connectivity index (χ0v) is 16.1. The Bertz CT molecular complexity index is 895. The van der Waals surface area contributed by atoms with Crippen molar-refractivity contribution in [2.24, 2.45) is 0 Å². The maximum Gasteiger partial charge on any atom is 0.325 e. The van der Waals surface area contributed by atoms with Gasteiger partial charge in [-0.15, -0.1) is 10.2 Å². The van der Waals surface area contributed by atoms with Crippen molar-refractivity contribution in [1.82, 2.24) is 10.2 Å². The van der Waals surface area contributed by atoms with Gasteiger partial charge < -0.3 is 14.8 Å². The van der Waals surface area contributed by atoms with Crippen LogP contribution in [-0.4, -0.2) is 34.4 Å². The number of urea groups is 1. The van der Waals surface area contributed by atoms with Crippen molar-refractivity contribution in [3.63, 3.8) is 0 Å². The number of hydrogen-bond donors (Lipinski definition) is 2. The zero-order chi connectivity index (χ0) is 19.4. The molecular weight excluding hydrogens is 368 g/mol. The number of amides is 2. The second kappa shape index (κ2) is 7.75. The maximum absolute atomic E-state index is 12.1. The summed E-state index contributed by atoms with van der Waals surface area (Å²) < 4.78 is 11.0. The summed E-state index contributed by atoms with van der Waals surface area (Å²) in [5.41, 5.74) is 0.709. The molecule has 1 unspecified atom stereocenters. The molecule has 9 heteroatoms. The molecule has 0 saturated heterocycles. The van der Waals surface area contributed by atoms with Gasteiger partial charge in [-0.1, -0.05) is 24.3 Å². The number of anilines is 2. The Hall–Kier alpha value is -2.94. The van der Waals surface area contributed by atoms with Gasteiger partial charge in [-0.05, 0) is 37.6 Å². The SMILES string of the molecule is CCc1nnc(NC(=O)Nc2ccc3c(c2)C=CC(C)(COC(C)=O)O3)s1. The van der Waals surface area contributed by atoms with Crippen molar-refractivity contribution in [3.05, 3.63) is 34.8 Å². The molecule has 3 rings (SSSR count). The number of nitrogens with zero attached hydrogens (tertiary/aromatic N) is 2. The van der Waals surface area contributed by atoms with Gasteiger partial charge in [0.05, 0.1) is 0 Å². The van der Waals surface area contributed by atoms with E-state index in [4.69, 9.17) is 9.47 Å². The van der Waals surface area contributed by atoms with E-state index >= 15 is 0 Å². The number of hydrogen-bond acceptors (Lipinski definition) is 7. The molecule has 2 heterocycles. The molecule has 1 aliphatic heterocycles. The van der Waals surface area contributed by atoms with E-state index in [1.54, 1.807) is 18.2 Å². The minimum absolute atomic E-state index is 0.127. The van der Waals surface area contributed by atoms with E-state index in [0.717, 1.165) is 17.0 Å². The Labute approximate surface area is 160 Å². The Kier molecular flexibility index (Phi) is 5.41. The molecule has 2 aromatic rings. The summed E-state index contributed by atoms with van der Waals surface area (Å²) in [5.74, 6) is 0.292. The zero-order valence-electron chi connectivity index (χ0n) is 15.2. The fraction of sp³-hybridized carbons (Fsp3) is 0.333. The quantitative estimate of drug-likeness (QED) is 0.761. The van der Waals surface area contributed by atoms with Gasteiger partial charge in [-0.3, -0.25) is 10.1 Å². The summed E-state index contributed by atoms with van der Waals surface area (Å²) in [6, 6.07) is 4.91. The first kappa shape index (κ1) is 18.8. The minimum Gasteiger partial charge on any atom is -0.479 e. The van der Waals surface area contributed by atoms with E-state index in [2.05, 4.69) is 20.8 Å². The average Bonchev–Trinajstić information content (AvgIpc) is 3.08. The van der Waals surface area contributed by atoms with Crippen LogP contribution in [-0.2, 0) is 16.0 Å². The molecule has 2 amide bonds. The summed E-state index contributed by atoms with van der Waals surface area (Å²) in [4.78, 5) is 23.1. The molecule has 1 aromatic heterocycles. The monoisotopic (exact) mass is 388 g/mol. The van der Waals surface area contributed by atoms with Gasteiger partial charge in [-0.2, -0.15) is 0 Å². The van der Waals surface area contributed by atoms with Crippen molar-refractivity contribution in [1.29, 1.82) is 0 Å². The standard InChI is InChI=1S/C18H20N4O4S/c1-4-15-21-22-17(27-15)20-16(24)19-13-5-6-14-12(9-13)7-8-18(3,26-14)10-25-11(2)23/h5-9H,4,10H2,1-3H3,(H2,19,20,22,24). The highest BCUT2D eigenvalue weighted by molar-refractivity contribution is 7.15. The van der Waals surface area contributed by atoms with E-state index in [1.807, 2.05) is 26.0 Å². The molecule has 8 nitrogen and oxygen atoms in total. The molecule has 0 fully saturated rings. The van der Waals surface area contributed by atoms with Crippen molar-refractivity contribution >= 4 is 40.2 Å². The predicted molar refractivity (Wildman–Crippen MR) is 103 cm³/mol. The highest BCUT2D eigenvalue weighted by Gasteiger charge is 2.29. The fourth-order valence-corrected chi connectivity index (χ4v) is 3.10. The Balaban J connectivity index is 1.64. The summed E-state index contributed by atoms with van der Waals surface area (Å²) in [6.45, 7) is 5.30. The lowest BCUT2D eigenvalue weighted by Crippen LogP contribution is -2.37. The van der Waals surface area contributed by atoms with Gasteiger partial charge in [-0.25, -0.2) is 4.79 Å². The normalized spacial score (nSPS) is 17.6. The van der Waals surface area contributed by atoms with Gasteiger partial charge >= 0.3 is 12.0 Å². The van der Waals surface area contributed by atoms with Gasteiger partial charge in [0, 0.05) is 18.2 Å². The van der Waals surface area contributed by atoms with Crippen molar-refractivity contribution in [2.45, 2.75) is 32.8 Å². The molecule has 0 saturated carbocycles. The number of fused-ring (bicyclic) bond motifs is 1. The molecule has 142 valence electrons. The summed E-state index contributed by atoms with van der Waals surface area (Å²) in [5, 5.41) is 14.6. The lowest BCUT2D eigenvalue weighted by atomic mass is 10.0. The van der Waals surface area contributed by atoms with Gasteiger partial charge in [0.15, 0.2) is 5.60 Å². The number of esters is 1. The molecule has 27 heavy (non-hydrogen) atoms. The largest absolute Gasteiger partial charge is 0.479 e. The van der Waals surface area contributed by atoms with E-state index in [1.165, 1.54) is 18.3 Å². The van der Waals surface area contributed by atoms with Crippen molar-refractivity contribution in [3.8, 4) is 5.75 Å². The summed E-state index contributed by atoms with van der Waals surface area (Å²) in [6.07, 6.45) is 4.48. The fourth-order valence-electron chi connectivity index (χ4n) is 2.43. The number of aryl methyl sites for hydroxylation is 1. The van der Waals surface area contributed by atoms with Crippen LogP contribution < -0.4 is 15.4 Å². The van der Waals surface area contributed by atoms with E-state index in [0.29, 0.717) is 16.6 Å². The first-order valence-electron chi connectivity index (χ1n) is 8.43. The highest BCUT2D eigenvalue weighted by atomic mass is 32.1. The Morgan fingerprint density at radius 2 is 2.11 bits per heavy atom. The topological polar surface area (TPSA) is 102 Å². The smallest absolute Gasteiger partial charge is 0.325 e. The molecule has 2 N–H and O–H groups in total. The maximum atomic E-state index is 12.1. The molecular formula is C18H20N4O4S. The summed E-state index contributed by atoms with van der Waals surface area (Å²) >= 11 is 1.34. The number of rotatable bonds is 5. The molecule has 0 radical (unpaired) electrons. The molecule has 1 aromatic carbocycles. The van der Waals surface area contributed by atoms with Crippen LogP contribution in [0.25, 0.3) is 6.08 Å². The van der Waals surface area contributed by atoms with Crippen LogP contribution in [0.5, 0.6) is 5.75 Å². The first-order valence-corrected chi connectivity index (χ1v) is 9.24. The number of benzene rings is 1. The van der Waals surface area contributed by atoms with E-state index in [-0.39, 0.29) is 12.6 Å². The molecule has 1 atom stereocenters. The van der Waals surface area contributed by atoms with Gasteiger partial charge in [0.2, 0.25) is 5.13 Å². The third-order valence-corrected chi connectivity index (χ3v) is 4.76. The van der Waals surface area contributed by atoms with Crippen LogP contribution in [0.1, 0.15) is 31.3 Å².